The fourth-order valence-electron chi connectivity index (χ4n) is 4.91. The highest BCUT2D eigenvalue weighted by Crippen LogP contribution is 2.36. The molecule has 2 aliphatic rings. The summed E-state index contributed by atoms with van der Waals surface area (Å²) in [6.07, 6.45) is 8.25. The maximum absolute atomic E-state index is 9.67. The van der Waals surface area contributed by atoms with E-state index in [9.17, 15) is 5.11 Å². The van der Waals surface area contributed by atoms with Gasteiger partial charge in [0.1, 0.15) is 18.1 Å². The molecule has 0 saturated carbocycles. The second-order valence-corrected chi connectivity index (χ2v) is 8.88. The Kier molecular flexibility index (Phi) is 7.74. The second kappa shape index (κ2) is 10.9. The lowest BCUT2D eigenvalue weighted by Gasteiger charge is -2.26. The van der Waals surface area contributed by atoms with Crippen LogP contribution in [0, 0.1) is 0 Å². The van der Waals surface area contributed by atoms with Gasteiger partial charge in [0.15, 0.2) is 0 Å². The Bertz CT molecular complexity index is 1100. The topological polar surface area (TPSA) is 32.7 Å². The van der Waals surface area contributed by atoms with Crippen LogP contribution < -0.4 is 4.74 Å². The van der Waals surface area contributed by atoms with Gasteiger partial charge in [-0.25, -0.2) is 0 Å². The Morgan fingerprint density at radius 3 is 2.36 bits per heavy atom. The molecule has 33 heavy (non-hydrogen) atoms. The SMILES string of the molecule is Cl.Oc1ccc(/C=C2\c3ccccc3CCc3cc(OCCN4CCCCC4)ccc32)cc1. The van der Waals surface area contributed by atoms with Gasteiger partial charge in [0, 0.05) is 6.54 Å². The highest BCUT2D eigenvalue weighted by Gasteiger charge is 2.19. The number of phenols is 1. The number of aryl methyl sites for hydroxylation is 2. The van der Waals surface area contributed by atoms with Gasteiger partial charge in [0.25, 0.3) is 0 Å². The molecule has 0 spiro atoms. The Morgan fingerprint density at radius 1 is 0.818 bits per heavy atom. The normalized spacial score (nSPS) is 16.9. The molecule has 0 radical (unpaired) electrons. The largest absolute Gasteiger partial charge is 0.508 e. The first-order chi connectivity index (χ1) is 15.8. The van der Waals surface area contributed by atoms with Gasteiger partial charge in [-0.2, -0.15) is 0 Å². The standard InChI is InChI=1S/C29H31NO2.ClH/c31-25-12-8-22(9-13-25)20-29-27-7-3-2-6-23(27)10-11-24-21-26(14-15-28(24)29)32-19-18-30-16-4-1-5-17-30;/h2-3,6-9,12-15,20-21,31H,1,4-5,10-11,16-19H2;1H/b29-20+;. The minimum absolute atomic E-state index is 0. The third-order valence-corrected chi connectivity index (χ3v) is 6.67. The van der Waals surface area contributed by atoms with Gasteiger partial charge in [-0.1, -0.05) is 48.9 Å². The zero-order valence-electron chi connectivity index (χ0n) is 19.0. The molecule has 0 atom stereocenters. The van der Waals surface area contributed by atoms with Crippen molar-refractivity contribution in [2.75, 3.05) is 26.2 Å². The minimum Gasteiger partial charge on any atom is -0.508 e. The predicted molar refractivity (Wildman–Crippen MR) is 138 cm³/mol. The molecule has 3 aromatic carbocycles. The Balaban J connectivity index is 0.00000259. The minimum atomic E-state index is 0. The number of hydrogen-bond acceptors (Lipinski definition) is 3. The summed E-state index contributed by atoms with van der Waals surface area (Å²) in [4.78, 5) is 2.52. The molecule has 1 heterocycles. The molecular formula is C29H32ClNO2. The first kappa shape index (κ1) is 23.4. The van der Waals surface area contributed by atoms with E-state index in [0.29, 0.717) is 5.75 Å². The van der Waals surface area contributed by atoms with E-state index in [-0.39, 0.29) is 12.4 Å². The fourth-order valence-corrected chi connectivity index (χ4v) is 4.91. The van der Waals surface area contributed by atoms with Crippen LogP contribution in [-0.2, 0) is 12.8 Å². The predicted octanol–water partition coefficient (Wildman–Crippen LogP) is 6.37. The highest BCUT2D eigenvalue weighted by atomic mass is 35.5. The first-order valence-electron chi connectivity index (χ1n) is 11.8. The van der Waals surface area contributed by atoms with Crippen molar-refractivity contribution in [2.45, 2.75) is 32.1 Å². The lowest BCUT2D eigenvalue weighted by atomic mass is 9.92. The quantitative estimate of drug-likeness (QED) is 0.479. The van der Waals surface area contributed by atoms with E-state index in [2.05, 4.69) is 53.4 Å². The summed E-state index contributed by atoms with van der Waals surface area (Å²) in [7, 11) is 0. The smallest absolute Gasteiger partial charge is 0.119 e. The summed E-state index contributed by atoms with van der Waals surface area (Å²) in [6, 6.07) is 22.7. The van der Waals surface area contributed by atoms with Crippen LogP contribution in [0.15, 0.2) is 66.7 Å². The first-order valence-corrected chi connectivity index (χ1v) is 11.8. The van der Waals surface area contributed by atoms with Crippen molar-refractivity contribution in [2.24, 2.45) is 0 Å². The molecular weight excluding hydrogens is 430 g/mol. The van der Waals surface area contributed by atoms with Crippen LogP contribution in [0.3, 0.4) is 0 Å². The Hall–Kier alpha value is -2.75. The van der Waals surface area contributed by atoms with Gasteiger partial charge >= 0.3 is 0 Å². The van der Waals surface area contributed by atoms with Crippen molar-refractivity contribution in [3.05, 3.63) is 94.5 Å². The number of phenolic OH excluding ortho intramolecular Hbond substituents is 1. The second-order valence-electron chi connectivity index (χ2n) is 8.88. The van der Waals surface area contributed by atoms with Crippen molar-refractivity contribution >= 4 is 24.1 Å². The molecule has 0 unspecified atom stereocenters. The van der Waals surface area contributed by atoms with Crippen molar-refractivity contribution in [3.8, 4) is 11.5 Å². The molecule has 3 aromatic rings. The van der Waals surface area contributed by atoms with Gasteiger partial charge in [-0.05, 0) is 103 Å². The number of rotatable bonds is 5. The molecule has 0 amide bonds. The van der Waals surface area contributed by atoms with Crippen molar-refractivity contribution in [1.82, 2.24) is 4.90 Å². The van der Waals surface area contributed by atoms with Crippen LogP contribution in [0.5, 0.6) is 11.5 Å². The summed E-state index contributed by atoms with van der Waals surface area (Å²) in [5.41, 5.74) is 7.59. The average molecular weight is 462 g/mol. The van der Waals surface area contributed by atoms with Crippen LogP contribution in [0.2, 0.25) is 0 Å². The number of benzene rings is 3. The van der Waals surface area contributed by atoms with Gasteiger partial charge in [-0.15, -0.1) is 12.4 Å². The van der Waals surface area contributed by atoms with Gasteiger partial charge < -0.3 is 9.84 Å². The van der Waals surface area contributed by atoms with Crippen LogP contribution in [-0.4, -0.2) is 36.2 Å². The molecule has 0 bridgehead atoms. The maximum atomic E-state index is 9.67. The number of nitrogens with zero attached hydrogens (tertiary/aromatic N) is 1. The van der Waals surface area contributed by atoms with Gasteiger partial charge in [0.05, 0.1) is 0 Å². The molecule has 0 aromatic heterocycles. The van der Waals surface area contributed by atoms with Gasteiger partial charge in [0.2, 0.25) is 0 Å². The number of likely N-dealkylation sites (tertiary alicyclic amines) is 1. The highest BCUT2D eigenvalue weighted by molar-refractivity contribution is 5.94. The van der Waals surface area contributed by atoms with E-state index in [1.165, 1.54) is 60.2 Å². The number of halogens is 1. The molecule has 4 heteroatoms. The Labute approximate surface area is 203 Å². The van der Waals surface area contributed by atoms with Crippen molar-refractivity contribution in [1.29, 1.82) is 0 Å². The summed E-state index contributed by atoms with van der Waals surface area (Å²) >= 11 is 0. The van der Waals surface area contributed by atoms with E-state index in [0.717, 1.165) is 37.3 Å². The summed E-state index contributed by atoms with van der Waals surface area (Å²) in [5, 5.41) is 9.67. The van der Waals surface area contributed by atoms with Crippen LogP contribution in [0.25, 0.3) is 11.6 Å². The number of aromatic hydroxyl groups is 1. The molecule has 172 valence electrons. The molecule has 1 fully saturated rings. The van der Waals surface area contributed by atoms with E-state index in [1.54, 1.807) is 12.1 Å². The van der Waals surface area contributed by atoms with E-state index < -0.39 is 0 Å². The molecule has 1 aliphatic heterocycles. The lowest BCUT2D eigenvalue weighted by Crippen LogP contribution is -2.33. The van der Waals surface area contributed by atoms with E-state index in [1.807, 2.05) is 12.1 Å². The number of fused-ring (bicyclic) bond motifs is 2. The number of piperidine rings is 1. The van der Waals surface area contributed by atoms with Crippen molar-refractivity contribution in [3.63, 3.8) is 0 Å². The van der Waals surface area contributed by atoms with Crippen LogP contribution in [0.4, 0.5) is 0 Å². The van der Waals surface area contributed by atoms with Crippen molar-refractivity contribution < 1.29 is 9.84 Å². The number of ether oxygens (including phenoxy) is 1. The van der Waals surface area contributed by atoms with Gasteiger partial charge in [-0.3, -0.25) is 4.90 Å². The number of hydrogen-bond donors (Lipinski definition) is 1. The third-order valence-electron chi connectivity index (χ3n) is 6.67. The molecule has 1 N–H and O–H groups in total. The van der Waals surface area contributed by atoms with E-state index >= 15 is 0 Å². The molecule has 3 nitrogen and oxygen atoms in total. The molecule has 1 saturated heterocycles. The third kappa shape index (κ3) is 5.61. The maximum Gasteiger partial charge on any atom is 0.119 e. The lowest BCUT2D eigenvalue weighted by molar-refractivity contribution is 0.183. The zero-order chi connectivity index (χ0) is 21.8. The molecule has 5 rings (SSSR count). The van der Waals surface area contributed by atoms with Crippen LogP contribution >= 0.6 is 12.4 Å². The molecule has 1 aliphatic carbocycles. The van der Waals surface area contributed by atoms with Crippen LogP contribution in [0.1, 0.15) is 47.1 Å². The van der Waals surface area contributed by atoms with E-state index in [4.69, 9.17) is 4.74 Å². The monoisotopic (exact) mass is 461 g/mol. The Morgan fingerprint density at radius 2 is 1.55 bits per heavy atom. The summed E-state index contributed by atoms with van der Waals surface area (Å²) in [5.74, 6) is 1.26. The summed E-state index contributed by atoms with van der Waals surface area (Å²) < 4.78 is 6.17. The summed E-state index contributed by atoms with van der Waals surface area (Å²) in [6.45, 7) is 4.16. The average Bonchev–Trinajstić information content (AvgIpc) is 2.98. The fraction of sp³-hybridized carbons (Fsp3) is 0.310. The zero-order valence-corrected chi connectivity index (χ0v) is 19.8.